The van der Waals surface area contributed by atoms with Gasteiger partial charge in [-0.15, -0.1) is 11.8 Å². The van der Waals surface area contributed by atoms with Crippen LogP contribution in [-0.2, 0) is 14.4 Å². The number of hydrogen-bond acceptors (Lipinski definition) is 7. The Morgan fingerprint density at radius 3 is 2.49 bits per heavy atom. The van der Waals surface area contributed by atoms with Crippen molar-refractivity contribution in [3.63, 3.8) is 0 Å². The average Bonchev–Trinajstić information content (AvgIpc) is 3.66. The lowest BCUT2D eigenvalue weighted by molar-refractivity contribution is -0.143. The van der Waals surface area contributed by atoms with E-state index >= 15 is 0 Å². The van der Waals surface area contributed by atoms with Gasteiger partial charge in [-0.1, -0.05) is 41.7 Å². The standard InChI is InChI=1S/C29H27N3O5S2/c1-13-5-3-4-6-18(13)30-19(33)12-32-27(34)22-16-11-17(23(22)28(32)35)24-21(16)20(14-7-9-15(37-2)10-8-14)25-26(38-24)31-29(36)39-25/h3-10,16-17,20-24H,11-12H2,1-2H3,(H,30,33)(H,31,36)/t16?,17?,20-,21?,22?,23?,24?/m1/s1. The minimum Gasteiger partial charge on any atom is -0.497 e. The van der Waals surface area contributed by atoms with Crippen molar-refractivity contribution in [1.82, 2.24) is 9.88 Å². The van der Waals surface area contributed by atoms with E-state index in [0.29, 0.717) is 5.69 Å². The number of anilines is 1. The second-order valence-electron chi connectivity index (χ2n) is 10.9. The highest BCUT2D eigenvalue weighted by Gasteiger charge is 2.69. The summed E-state index contributed by atoms with van der Waals surface area (Å²) in [5.41, 5.74) is 2.67. The number of thioether (sulfide) groups is 1. The van der Waals surface area contributed by atoms with E-state index in [1.807, 2.05) is 49.4 Å². The van der Waals surface area contributed by atoms with Crippen LogP contribution in [0.3, 0.4) is 0 Å². The Morgan fingerprint density at radius 2 is 1.77 bits per heavy atom. The number of para-hydroxylation sites is 1. The van der Waals surface area contributed by atoms with Crippen molar-refractivity contribution in [1.29, 1.82) is 0 Å². The predicted molar refractivity (Wildman–Crippen MR) is 148 cm³/mol. The summed E-state index contributed by atoms with van der Waals surface area (Å²) in [5, 5.41) is 3.84. The number of ether oxygens (including phenoxy) is 1. The summed E-state index contributed by atoms with van der Waals surface area (Å²) >= 11 is 2.90. The van der Waals surface area contributed by atoms with Crippen LogP contribution in [0.15, 0.2) is 58.4 Å². The molecule has 7 rings (SSSR count). The topological polar surface area (TPSA) is 109 Å². The molecular formula is C29H27N3O5S2. The molecule has 6 unspecified atom stereocenters. The highest BCUT2D eigenvalue weighted by Crippen LogP contribution is 2.68. The van der Waals surface area contributed by atoms with Crippen LogP contribution in [0.5, 0.6) is 5.75 Å². The number of carbonyl (C=O) groups excluding carboxylic acids is 3. The maximum absolute atomic E-state index is 13.7. The Hall–Kier alpha value is -3.37. The Morgan fingerprint density at radius 1 is 1.05 bits per heavy atom. The van der Waals surface area contributed by atoms with Crippen molar-refractivity contribution in [3.8, 4) is 5.75 Å². The molecule has 2 N–H and O–H groups in total. The van der Waals surface area contributed by atoms with Gasteiger partial charge in [-0.2, -0.15) is 0 Å². The molecule has 2 aliphatic carbocycles. The molecule has 7 atom stereocenters. The zero-order valence-corrected chi connectivity index (χ0v) is 23.0. The number of nitrogens with one attached hydrogen (secondary N) is 2. The predicted octanol–water partition coefficient (Wildman–Crippen LogP) is 3.87. The van der Waals surface area contributed by atoms with Gasteiger partial charge in [0.2, 0.25) is 17.7 Å². The summed E-state index contributed by atoms with van der Waals surface area (Å²) < 4.78 is 5.36. The SMILES string of the molecule is COc1ccc([C@H]2c3sc(=O)[nH]c3SC3C4CC(C5C(=O)N(CC(=O)Nc6ccccc6C)C(=O)C45)C32)cc1. The third-order valence-electron chi connectivity index (χ3n) is 9.01. The number of fused-ring (bicyclic) bond motifs is 9. The van der Waals surface area contributed by atoms with Gasteiger partial charge in [-0.25, -0.2) is 0 Å². The lowest BCUT2D eigenvalue weighted by Gasteiger charge is -2.43. The van der Waals surface area contributed by atoms with Crippen LogP contribution >= 0.6 is 23.1 Å². The monoisotopic (exact) mass is 561 g/mol. The minimum absolute atomic E-state index is 0.0100. The zero-order valence-electron chi connectivity index (χ0n) is 21.4. The van der Waals surface area contributed by atoms with Crippen LogP contribution in [0, 0.1) is 36.5 Å². The van der Waals surface area contributed by atoms with Crippen LogP contribution < -0.4 is 14.9 Å². The van der Waals surface area contributed by atoms with E-state index in [1.54, 1.807) is 24.9 Å². The van der Waals surface area contributed by atoms with Gasteiger partial charge >= 0.3 is 4.87 Å². The summed E-state index contributed by atoms with van der Waals surface area (Å²) in [6, 6.07) is 15.4. The fourth-order valence-corrected chi connectivity index (χ4v) is 10.4. The van der Waals surface area contributed by atoms with Crippen molar-refractivity contribution < 1.29 is 19.1 Å². The number of aromatic nitrogens is 1. The lowest BCUT2D eigenvalue weighted by Crippen LogP contribution is -2.42. The van der Waals surface area contributed by atoms with E-state index in [-0.39, 0.29) is 58.1 Å². The molecular weight excluding hydrogens is 534 g/mol. The van der Waals surface area contributed by atoms with Gasteiger partial charge in [0.05, 0.1) is 24.0 Å². The number of aryl methyl sites for hydroxylation is 1. The second-order valence-corrected chi connectivity index (χ2v) is 13.1. The largest absolute Gasteiger partial charge is 0.497 e. The zero-order chi connectivity index (χ0) is 27.0. The number of likely N-dealkylation sites (tertiary alicyclic amines) is 1. The number of benzene rings is 2. The first-order valence-electron chi connectivity index (χ1n) is 13.1. The normalized spacial score (nSPS) is 30.2. The lowest BCUT2D eigenvalue weighted by atomic mass is 9.68. The van der Waals surface area contributed by atoms with Gasteiger partial charge in [0.25, 0.3) is 0 Å². The van der Waals surface area contributed by atoms with Gasteiger partial charge in [-0.3, -0.25) is 24.1 Å². The van der Waals surface area contributed by atoms with Crippen LogP contribution in [0.1, 0.15) is 28.3 Å². The average molecular weight is 562 g/mol. The molecule has 0 radical (unpaired) electrons. The van der Waals surface area contributed by atoms with Gasteiger partial charge < -0.3 is 15.0 Å². The molecule has 3 aromatic rings. The van der Waals surface area contributed by atoms with Gasteiger partial charge in [0, 0.05) is 21.7 Å². The molecule has 8 nitrogen and oxygen atoms in total. The number of H-pyrrole nitrogens is 1. The van der Waals surface area contributed by atoms with Crippen molar-refractivity contribution in [2.75, 3.05) is 19.0 Å². The summed E-state index contributed by atoms with van der Waals surface area (Å²) in [6.07, 6.45) is 0.810. The smallest absolute Gasteiger partial charge is 0.305 e. The molecule has 2 saturated carbocycles. The van der Waals surface area contributed by atoms with E-state index in [0.717, 1.165) is 33.2 Å². The van der Waals surface area contributed by atoms with E-state index in [4.69, 9.17) is 4.74 Å². The molecule has 2 aliphatic heterocycles. The van der Waals surface area contributed by atoms with E-state index in [1.165, 1.54) is 16.2 Å². The third-order valence-corrected chi connectivity index (χ3v) is 11.6. The number of thiazole rings is 1. The van der Waals surface area contributed by atoms with Gasteiger partial charge in [0.1, 0.15) is 12.3 Å². The molecule has 1 saturated heterocycles. The number of aromatic amines is 1. The summed E-state index contributed by atoms with van der Waals surface area (Å²) in [7, 11) is 1.63. The highest BCUT2D eigenvalue weighted by atomic mass is 32.2. The summed E-state index contributed by atoms with van der Waals surface area (Å²) in [6.45, 7) is 1.62. The molecule has 200 valence electrons. The molecule has 3 amide bonds. The number of rotatable bonds is 5. The number of nitrogens with zero attached hydrogens (tertiary/aromatic N) is 1. The summed E-state index contributed by atoms with van der Waals surface area (Å²) in [5.74, 6) is -0.814. The fraction of sp³-hybridized carbons (Fsp3) is 0.379. The van der Waals surface area contributed by atoms with Crippen molar-refractivity contribution in [2.24, 2.45) is 29.6 Å². The second kappa shape index (κ2) is 9.09. The molecule has 10 heteroatoms. The number of hydrogen-bond donors (Lipinski definition) is 2. The number of methoxy groups -OCH3 is 1. The molecule has 39 heavy (non-hydrogen) atoms. The Kier molecular flexibility index (Phi) is 5.75. The van der Waals surface area contributed by atoms with E-state index < -0.39 is 11.8 Å². The van der Waals surface area contributed by atoms with Crippen LogP contribution in [0.25, 0.3) is 0 Å². The Balaban J connectivity index is 1.19. The van der Waals surface area contributed by atoms with Crippen molar-refractivity contribution in [2.45, 2.75) is 29.5 Å². The quantitative estimate of drug-likeness (QED) is 0.458. The molecule has 3 heterocycles. The van der Waals surface area contributed by atoms with Gasteiger partial charge in [0.15, 0.2) is 0 Å². The third kappa shape index (κ3) is 3.71. The number of imide groups is 1. The first kappa shape index (κ1) is 24.7. The molecule has 4 aliphatic rings. The molecule has 3 fully saturated rings. The van der Waals surface area contributed by atoms with Crippen LogP contribution in [0.2, 0.25) is 0 Å². The first-order valence-corrected chi connectivity index (χ1v) is 14.8. The van der Waals surface area contributed by atoms with E-state index in [9.17, 15) is 19.2 Å². The number of carbonyl (C=O) groups is 3. The van der Waals surface area contributed by atoms with Crippen LogP contribution in [-0.4, -0.2) is 46.5 Å². The minimum atomic E-state index is -0.423. The maximum atomic E-state index is 13.7. The van der Waals surface area contributed by atoms with Crippen molar-refractivity contribution >= 4 is 46.5 Å². The fourth-order valence-electron chi connectivity index (χ4n) is 7.47. The van der Waals surface area contributed by atoms with Crippen molar-refractivity contribution in [3.05, 3.63) is 74.2 Å². The first-order chi connectivity index (χ1) is 18.9. The molecule has 2 aromatic carbocycles. The highest BCUT2D eigenvalue weighted by molar-refractivity contribution is 8.00. The maximum Gasteiger partial charge on any atom is 0.305 e. The van der Waals surface area contributed by atoms with E-state index in [2.05, 4.69) is 10.3 Å². The molecule has 0 spiro atoms. The number of amides is 3. The summed E-state index contributed by atoms with van der Waals surface area (Å²) in [4.78, 5) is 57.8. The molecule has 1 aromatic heterocycles. The van der Waals surface area contributed by atoms with Gasteiger partial charge in [-0.05, 0) is 60.4 Å². The molecule has 2 bridgehead atoms. The Labute approximate surface area is 233 Å². The Bertz CT molecular complexity index is 1560. The van der Waals surface area contributed by atoms with Crippen LogP contribution in [0.4, 0.5) is 5.69 Å².